The van der Waals surface area contributed by atoms with Crippen LogP contribution in [0.15, 0.2) is 30.5 Å². The second-order valence-electron chi connectivity index (χ2n) is 6.21. The van der Waals surface area contributed by atoms with Crippen LogP contribution in [-0.2, 0) is 16.1 Å². The molecule has 1 aliphatic rings. The fraction of sp³-hybridized carbons (Fsp3) is 0.412. The summed E-state index contributed by atoms with van der Waals surface area (Å²) >= 11 is 0. The number of rotatable bonds is 7. The van der Waals surface area contributed by atoms with Crippen molar-refractivity contribution in [2.75, 3.05) is 25.0 Å². The summed E-state index contributed by atoms with van der Waals surface area (Å²) in [4.78, 5) is 24.0. The minimum atomic E-state index is -4.95. The van der Waals surface area contributed by atoms with Gasteiger partial charge in [-0.15, -0.1) is 5.10 Å². The van der Waals surface area contributed by atoms with Gasteiger partial charge in [0.05, 0.1) is 12.7 Å². The number of amides is 2. The number of carbonyl (C=O) groups excluding carboxylic acids is 2. The molecule has 1 aromatic carbocycles. The lowest BCUT2D eigenvalue weighted by Gasteiger charge is -2.11. The Hall–Kier alpha value is -3.11. The number of alkyl halides is 3. The minimum Gasteiger partial charge on any atom is -0.448 e. The first-order valence-corrected chi connectivity index (χ1v) is 8.63. The van der Waals surface area contributed by atoms with Crippen LogP contribution in [0, 0.1) is 0 Å². The van der Waals surface area contributed by atoms with Gasteiger partial charge in [0.2, 0.25) is 0 Å². The van der Waals surface area contributed by atoms with Crippen molar-refractivity contribution in [3.63, 3.8) is 0 Å². The van der Waals surface area contributed by atoms with Gasteiger partial charge in [-0.3, -0.25) is 9.48 Å². The number of hydrogen-bond donors (Lipinski definition) is 1. The Morgan fingerprint density at radius 2 is 2.04 bits per heavy atom. The normalized spacial score (nSPS) is 14.2. The molecule has 1 saturated heterocycles. The average molecular weight is 397 g/mol. The molecular weight excluding hydrogens is 379 g/mol. The molecule has 0 spiro atoms. The van der Waals surface area contributed by atoms with E-state index in [1.807, 2.05) is 5.32 Å². The molecular formula is C17H18F3N5O3. The van der Waals surface area contributed by atoms with Gasteiger partial charge >= 0.3 is 18.2 Å². The SMILES string of the molecule is O=C1OCCN1CCCCn1cc(-c2cccc(NC(=O)C(F)(F)F)c2)nn1. The summed E-state index contributed by atoms with van der Waals surface area (Å²) < 4.78 is 43.6. The Bertz CT molecular complexity index is 853. The minimum absolute atomic E-state index is 0.0203. The van der Waals surface area contributed by atoms with Crippen LogP contribution >= 0.6 is 0 Å². The van der Waals surface area contributed by atoms with Gasteiger partial charge in [-0.2, -0.15) is 13.2 Å². The number of hydrogen-bond acceptors (Lipinski definition) is 5. The zero-order valence-electron chi connectivity index (χ0n) is 14.8. The number of ether oxygens (including phenoxy) is 1. The van der Waals surface area contributed by atoms with Crippen LogP contribution in [0.1, 0.15) is 12.8 Å². The van der Waals surface area contributed by atoms with E-state index >= 15 is 0 Å². The Morgan fingerprint density at radius 1 is 1.25 bits per heavy atom. The van der Waals surface area contributed by atoms with Crippen molar-refractivity contribution in [1.29, 1.82) is 0 Å². The van der Waals surface area contributed by atoms with Crippen LogP contribution in [0.4, 0.5) is 23.7 Å². The molecule has 2 amide bonds. The maximum Gasteiger partial charge on any atom is 0.471 e. The summed E-state index contributed by atoms with van der Waals surface area (Å²) in [6.07, 6.45) is -2.02. The van der Waals surface area contributed by atoms with Crippen molar-refractivity contribution in [2.24, 2.45) is 0 Å². The predicted molar refractivity (Wildman–Crippen MR) is 92.3 cm³/mol. The molecule has 28 heavy (non-hydrogen) atoms. The fourth-order valence-corrected chi connectivity index (χ4v) is 2.70. The number of aromatic nitrogens is 3. The van der Waals surface area contributed by atoms with Gasteiger partial charge in [-0.25, -0.2) is 4.79 Å². The number of carbonyl (C=O) groups is 2. The molecule has 0 aliphatic carbocycles. The summed E-state index contributed by atoms with van der Waals surface area (Å²) in [6, 6.07) is 5.95. The highest BCUT2D eigenvalue weighted by molar-refractivity contribution is 5.95. The summed E-state index contributed by atoms with van der Waals surface area (Å²) in [6.45, 7) is 2.23. The van der Waals surface area contributed by atoms with Crippen molar-refractivity contribution in [2.45, 2.75) is 25.6 Å². The monoisotopic (exact) mass is 397 g/mol. The molecule has 1 aromatic heterocycles. The second kappa shape index (κ2) is 8.28. The summed E-state index contributed by atoms with van der Waals surface area (Å²) in [5.41, 5.74) is 1.03. The van der Waals surface area contributed by atoms with E-state index < -0.39 is 12.1 Å². The van der Waals surface area contributed by atoms with E-state index in [9.17, 15) is 22.8 Å². The van der Waals surface area contributed by atoms with Crippen molar-refractivity contribution in [3.05, 3.63) is 30.5 Å². The maximum absolute atomic E-state index is 12.4. The topological polar surface area (TPSA) is 89.4 Å². The van der Waals surface area contributed by atoms with Crippen LogP contribution in [0.3, 0.4) is 0 Å². The van der Waals surface area contributed by atoms with E-state index in [4.69, 9.17) is 4.74 Å². The second-order valence-corrected chi connectivity index (χ2v) is 6.21. The van der Waals surface area contributed by atoms with Crippen molar-refractivity contribution in [1.82, 2.24) is 19.9 Å². The van der Waals surface area contributed by atoms with Crippen LogP contribution in [0.2, 0.25) is 0 Å². The summed E-state index contributed by atoms with van der Waals surface area (Å²) in [5.74, 6) is -2.03. The number of unbranched alkanes of at least 4 members (excludes halogenated alkanes) is 1. The number of nitrogens with zero attached hydrogens (tertiary/aromatic N) is 4. The highest BCUT2D eigenvalue weighted by atomic mass is 19.4. The van der Waals surface area contributed by atoms with Gasteiger partial charge in [-0.05, 0) is 25.0 Å². The zero-order chi connectivity index (χ0) is 20.1. The smallest absolute Gasteiger partial charge is 0.448 e. The molecule has 3 rings (SSSR count). The number of benzene rings is 1. The molecule has 0 atom stereocenters. The third kappa shape index (κ3) is 4.99. The maximum atomic E-state index is 12.4. The molecule has 2 heterocycles. The first-order valence-electron chi connectivity index (χ1n) is 8.63. The lowest BCUT2D eigenvalue weighted by molar-refractivity contribution is -0.167. The number of nitrogens with one attached hydrogen (secondary N) is 1. The molecule has 1 N–H and O–H groups in total. The molecule has 0 unspecified atom stereocenters. The Balaban J connectivity index is 1.54. The van der Waals surface area contributed by atoms with E-state index in [1.54, 1.807) is 21.8 Å². The van der Waals surface area contributed by atoms with Crippen LogP contribution in [-0.4, -0.2) is 57.8 Å². The van der Waals surface area contributed by atoms with Crippen molar-refractivity contribution in [3.8, 4) is 11.3 Å². The van der Waals surface area contributed by atoms with E-state index in [-0.39, 0.29) is 11.8 Å². The standard InChI is InChI=1S/C17H18F3N5O3/c18-17(19,20)15(26)21-13-5-3-4-12(10-13)14-11-25(23-22-14)7-2-1-6-24-8-9-28-16(24)27/h3-5,10-11H,1-2,6-9H2,(H,21,26). The highest BCUT2D eigenvalue weighted by Crippen LogP contribution is 2.23. The molecule has 0 bridgehead atoms. The number of anilines is 1. The third-order valence-corrected chi connectivity index (χ3v) is 4.12. The lowest BCUT2D eigenvalue weighted by Crippen LogP contribution is -2.29. The number of halogens is 3. The molecule has 0 saturated carbocycles. The van der Waals surface area contributed by atoms with E-state index in [2.05, 4.69) is 10.3 Å². The van der Waals surface area contributed by atoms with Crippen LogP contribution in [0.25, 0.3) is 11.3 Å². The number of aryl methyl sites for hydroxylation is 1. The molecule has 1 aliphatic heterocycles. The molecule has 8 nitrogen and oxygen atoms in total. The lowest BCUT2D eigenvalue weighted by atomic mass is 10.1. The Kier molecular flexibility index (Phi) is 5.81. The largest absolute Gasteiger partial charge is 0.471 e. The van der Waals surface area contributed by atoms with Gasteiger partial charge in [0, 0.05) is 24.3 Å². The van der Waals surface area contributed by atoms with E-state index in [0.29, 0.717) is 37.5 Å². The van der Waals surface area contributed by atoms with Gasteiger partial charge in [-0.1, -0.05) is 17.3 Å². The van der Waals surface area contributed by atoms with E-state index in [0.717, 1.165) is 12.8 Å². The summed E-state index contributed by atoms with van der Waals surface area (Å²) in [7, 11) is 0. The highest BCUT2D eigenvalue weighted by Gasteiger charge is 2.38. The number of cyclic esters (lactones) is 1. The first-order chi connectivity index (χ1) is 13.3. The Labute approximate surface area is 158 Å². The zero-order valence-corrected chi connectivity index (χ0v) is 14.8. The van der Waals surface area contributed by atoms with Gasteiger partial charge < -0.3 is 15.0 Å². The van der Waals surface area contributed by atoms with Crippen LogP contribution in [0.5, 0.6) is 0 Å². The quantitative estimate of drug-likeness (QED) is 0.726. The van der Waals surface area contributed by atoms with Gasteiger partial charge in [0.1, 0.15) is 12.3 Å². The molecule has 150 valence electrons. The summed E-state index contributed by atoms with van der Waals surface area (Å²) in [5, 5.41) is 9.83. The third-order valence-electron chi connectivity index (χ3n) is 4.12. The Morgan fingerprint density at radius 3 is 2.75 bits per heavy atom. The van der Waals surface area contributed by atoms with E-state index in [1.165, 1.54) is 18.2 Å². The molecule has 1 fully saturated rings. The predicted octanol–water partition coefficient (Wildman–Crippen LogP) is 2.68. The first kappa shape index (κ1) is 19.6. The molecule has 11 heteroatoms. The molecule has 0 radical (unpaired) electrons. The van der Waals surface area contributed by atoms with Gasteiger partial charge in [0.15, 0.2) is 0 Å². The fourth-order valence-electron chi connectivity index (χ4n) is 2.70. The van der Waals surface area contributed by atoms with Crippen molar-refractivity contribution >= 4 is 17.7 Å². The molecule has 2 aromatic rings. The average Bonchev–Trinajstić information content (AvgIpc) is 3.27. The van der Waals surface area contributed by atoms with Crippen LogP contribution < -0.4 is 5.32 Å². The van der Waals surface area contributed by atoms with Gasteiger partial charge in [0.25, 0.3) is 0 Å². The van der Waals surface area contributed by atoms with Crippen molar-refractivity contribution < 1.29 is 27.5 Å².